The standard InChI is InChI=1S/3C2N2.ClH/c3*3-1-2-4;/h;;;1H. The summed E-state index contributed by atoms with van der Waals surface area (Å²) in [7, 11) is 0. The maximum Gasteiger partial charge on any atom is 0.181 e. The zero-order chi connectivity index (χ0) is 10.2. The second kappa shape index (κ2) is 59.9. The second-order valence-electron chi connectivity index (χ2n) is 0.671. The SMILES string of the molecule is Cl.N#CC#N.N#CC#N.N#CC#N. The Bertz CT molecular complexity index is 239. The molecule has 7 heteroatoms. The number of hydrogen-bond donors (Lipinski definition) is 0. The Morgan fingerprint density at radius 3 is 0.462 bits per heavy atom. The van der Waals surface area contributed by atoms with Crippen LogP contribution in [0.15, 0.2) is 0 Å². The summed E-state index contributed by atoms with van der Waals surface area (Å²) in [6.45, 7) is 0. The van der Waals surface area contributed by atoms with Crippen molar-refractivity contribution in [2.75, 3.05) is 0 Å². The zero-order valence-electron chi connectivity index (χ0n) is 6.09. The monoisotopic (exact) mass is 192 g/mol. The minimum Gasteiger partial charge on any atom is -0.181 e. The Labute approximate surface area is 81.1 Å². The van der Waals surface area contributed by atoms with Crippen LogP contribution in [0, 0.1) is 68.0 Å². The minimum absolute atomic E-state index is 0. The molecule has 0 saturated heterocycles. The number of rotatable bonds is 0. The van der Waals surface area contributed by atoms with Crippen molar-refractivity contribution in [2.45, 2.75) is 0 Å². The Hall–Kier alpha value is -2.77. The molecule has 13 heavy (non-hydrogen) atoms. The largest absolute Gasteiger partial charge is 0.181 e. The van der Waals surface area contributed by atoms with E-state index in [1.807, 2.05) is 0 Å². The quantitative estimate of drug-likeness (QED) is 0.547. The highest BCUT2D eigenvalue weighted by molar-refractivity contribution is 5.85. The third-order valence-electron chi connectivity index (χ3n) is 0.150. The molecule has 0 aromatic heterocycles. The Kier molecular flexibility index (Phi) is 104. The summed E-state index contributed by atoms with van der Waals surface area (Å²) in [4.78, 5) is 0. The Balaban J connectivity index is -0.0000000450. The van der Waals surface area contributed by atoms with Crippen molar-refractivity contribution in [3.05, 3.63) is 0 Å². The van der Waals surface area contributed by atoms with E-state index < -0.39 is 0 Å². The van der Waals surface area contributed by atoms with Crippen LogP contribution >= 0.6 is 12.4 Å². The van der Waals surface area contributed by atoms with Gasteiger partial charge in [-0.3, -0.25) is 0 Å². The van der Waals surface area contributed by atoms with E-state index in [0.717, 1.165) is 0 Å². The molecule has 0 N–H and O–H groups in total. The second-order valence-corrected chi connectivity index (χ2v) is 0.671. The van der Waals surface area contributed by atoms with E-state index in [4.69, 9.17) is 31.6 Å². The predicted molar refractivity (Wildman–Crippen MR) is 40.9 cm³/mol. The zero-order valence-corrected chi connectivity index (χ0v) is 6.91. The van der Waals surface area contributed by atoms with E-state index >= 15 is 0 Å². The van der Waals surface area contributed by atoms with Gasteiger partial charge in [-0.25, -0.2) is 0 Å². The van der Waals surface area contributed by atoms with E-state index in [0.29, 0.717) is 0 Å². The summed E-state index contributed by atoms with van der Waals surface area (Å²) in [5, 5.41) is 43.6. The summed E-state index contributed by atoms with van der Waals surface area (Å²) in [5.41, 5.74) is 0. The normalized spacial score (nSPS) is 2.31. The molecule has 62 valence electrons. The van der Waals surface area contributed by atoms with Gasteiger partial charge in [0.25, 0.3) is 0 Å². The average Bonchev–Trinajstić information content (AvgIpc) is 2.18. The van der Waals surface area contributed by atoms with Gasteiger partial charge < -0.3 is 0 Å². The fourth-order valence-corrected chi connectivity index (χ4v) is 0. The van der Waals surface area contributed by atoms with Gasteiger partial charge in [-0.2, -0.15) is 31.6 Å². The average molecular weight is 193 g/mol. The van der Waals surface area contributed by atoms with Gasteiger partial charge in [0.2, 0.25) is 0 Å². The first-order chi connectivity index (χ1) is 5.74. The third-order valence-corrected chi connectivity index (χ3v) is 0.150. The van der Waals surface area contributed by atoms with Gasteiger partial charge in [0.1, 0.15) is 0 Å². The van der Waals surface area contributed by atoms with Crippen molar-refractivity contribution in [3.8, 4) is 36.4 Å². The lowest BCUT2D eigenvalue weighted by Gasteiger charge is -1.16. The molecule has 0 bridgehead atoms. The molecular weight excluding hydrogens is 192 g/mol. The summed E-state index contributed by atoms with van der Waals surface area (Å²) in [5.74, 6) is 0. The molecule has 0 aromatic carbocycles. The third kappa shape index (κ3) is 9120. The first-order valence-corrected chi connectivity index (χ1v) is 2.09. The molecule has 0 aromatic rings. The molecule has 0 rings (SSSR count). The van der Waals surface area contributed by atoms with Crippen molar-refractivity contribution in [2.24, 2.45) is 0 Å². The Morgan fingerprint density at radius 2 is 0.462 bits per heavy atom. The highest BCUT2D eigenvalue weighted by Gasteiger charge is 1.40. The maximum atomic E-state index is 7.26. The van der Waals surface area contributed by atoms with Crippen LogP contribution in [0.4, 0.5) is 0 Å². The van der Waals surface area contributed by atoms with Gasteiger partial charge in [0.05, 0.1) is 0 Å². The fourth-order valence-electron chi connectivity index (χ4n) is 0. The van der Waals surface area contributed by atoms with E-state index in [-0.39, 0.29) is 12.4 Å². The molecule has 6 nitrogen and oxygen atoms in total. The van der Waals surface area contributed by atoms with Gasteiger partial charge in [-0.05, 0) is 0 Å². The molecule has 0 spiro atoms. The van der Waals surface area contributed by atoms with Crippen LogP contribution in [0.3, 0.4) is 0 Å². The summed E-state index contributed by atoms with van der Waals surface area (Å²) >= 11 is 0. The molecule has 0 unspecified atom stereocenters. The lowest BCUT2D eigenvalue weighted by Crippen LogP contribution is -1.26. The highest BCUT2D eigenvalue weighted by atomic mass is 35.5. The molecule has 0 saturated carbocycles. The van der Waals surface area contributed by atoms with Crippen molar-refractivity contribution in [1.82, 2.24) is 0 Å². The molecule has 0 aliphatic rings. The van der Waals surface area contributed by atoms with Gasteiger partial charge in [0, 0.05) is 0 Å². The van der Waals surface area contributed by atoms with Crippen LogP contribution in [0.2, 0.25) is 0 Å². The maximum absolute atomic E-state index is 7.26. The van der Waals surface area contributed by atoms with E-state index in [2.05, 4.69) is 0 Å². The van der Waals surface area contributed by atoms with Crippen LogP contribution in [-0.2, 0) is 0 Å². The van der Waals surface area contributed by atoms with Gasteiger partial charge >= 0.3 is 0 Å². The molecule has 0 atom stereocenters. The lowest BCUT2D eigenvalue weighted by molar-refractivity contribution is 1.49. The number of halogens is 1. The van der Waals surface area contributed by atoms with Gasteiger partial charge in [-0.1, -0.05) is 0 Å². The van der Waals surface area contributed by atoms with Crippen LogP contribution in [0.25, 0.3) is 0 Å². The van der Waals surface area contributed by atoms with Crippen molar-refractivity contribution < 1.29 is 0 Å². The Morgan fingerprint density at radius 1 is 0.385 bits per heavy atom. The topological polar surface area (TPSA) is 143 Å². The highest BCUT2D eigenvalue weighted by Crippen LogP contribution is 1.28. The van der Waals surface area contributed by atoms with Crippen LogP contribution < -0.4 is 0 Å². The molecule has 0 fully saturated rings. The van der Waals surface area contributed by atoms with Crippen LogP contribution in [-0.4, -0.2) is 0 Å². The molecule has 0 radical (unpaired) electrons. The molecule has 0 heterocycles. The summed E-state index contributed by atoms with van der Waals surface area (Å²) in [6.07, 6.45) is 0. The molecule has 0 aliphatic carbocycles. The lowest BCUT2D eigenvalue weighted by atomic mass is 10.9. The fraction of sp³-hybridized carbons (Fsp3) is 0. The summed E-state index contributed by atoms with van der Waals surface area (Å²) in [6, 6.07) is 7.42. The minimum atomic E-state index is 0. The van der Waals surface area contributed by atoms with Crippen molar-refractivity contribution in [1.29, 1.82) is 31.6 Å². The first kappa shape index (κ1) is 22.5. The first-order valence-electron chi connectivity index (χ1n) is 2.09. The van der Waals surface area contributed by atoms with E-state index in [9.17, 15) is 0 Å². The van der Waals surface area contributed by atoms with Crippen molar-refractivity contribution >= 4 is 12.4 Å². The summed E-state index contributed by atoms with van der Waals surface area (Å²) < 4.78 is 0. The predicted octanol–water partition coefficient (Wildman–Crippen LogP) is 0.522. The van der Waals surface area contributed by atoms with Crippen LogP contribution in [0.5, 0.6) is 0 Å². The molecule has 0 amide bonds. The number of hydrogen-bond acceptors (Lipinski definition) is 6. The van der Waals surface area contributed by atoms with E-state index in [1.54, 1.807) is 0 Å². The smallest absolute Gasteiger partial charge is 0.181 e. The molecular formula is C6HClN6. The van der Waals surface area contributed by atoms with Crippen LogP contribution in [0.1, 0.15) is 0 Å². The van der Waals surface area contributed by atoms with Gasteiger partial charge in [-0.15, -0.1) is 12.4 Å². The van der Waals surface area contributed by atoms with Gasteiger partial charge in [0.15, 0.2) is 36.4 Å². The van der Waals surface area contributed by atoms with E-state index in [1.165, 1.54) is 36.4 Å². The number of nitriles is 6. The molecule has 0 aliphatic heterocycles. The van der Waals surface area contributed by atoms with Crippen molar-refractivity contribution in [3.63, 3.8) is 0 Å². The number of nitrogens with zero attached hydrogens (tertiary/aromatic N) is 6.